The third kappa shape index (κ3) is 2.18. The molecule has 0 unspecified atom stereocenters. The Morgan fingerprint density at radius 3 is 2.62 bits per heavy atom. The van der Waals surface area contributed by atoms with Crippen molar-refractivity contribution in [1.29, 1.82) is 0 Å². The maximum Gasteiger partial charge on any atom is 0.0657 e. The molecule has 0 fully saturated rings. The number of benzene rings is 1. The van der Waals surface area contributed by atoms with Gasteiger partial charge < -0.3 is 5.73 Å². The minimum atomic E-state index is 0.0304. The topological polar surface area (TPSA) is 43.8 Å². The van der Waals surface area contributed by atoms with Crippen molar-refractivity contribution in [2.75, 3.05) is 0 Å². The van der Waals surface area contributed by atoms with Gasteiger partial charge in [0.25, 0.3) is 0 Å². The highest BCUT2D eigenvalue weighted by atomic mass is 79.9. The van der Waals surface area contributed by atoms with Crippen LogP contribution in [0, 0.1) is 6.92 Å². The molecule has 0 aliphatic carbocycles. The average Bonchev–Trinajstić information content (AvgIpc) is 2.64. The lowest BCUT2D eigenvalue weighted by atomic mass is 10.1. The standard InChI is InChI=1S/C12H14BrN3/c1-8-5-6-16(15-8)10-3-4-11(9(2)14)12(13)7-10/h3-7,9H,14H2,1-2H3/t9-/m0/s1. The monoisotopic (exact) mass is 279 g/mol. The summed E-state index contributed by atoms with van der Waals surface area (Å²) in [5.74, 6) is 0. The molecule has 3 nitrogen and oxygen atoms in total. The molecule has 0 aliphatic heterocycles. The Labute approximate surface area is 103 Å². The fraction of sp³-hybridized carbons (Fsp3) is 0.250. The van der Waals surface area contributed by atoms with Crippen LogP contribution in [0.2, 0.25) is 0 Å². The zero-order valence-electron chi connectivity index (χ0n) is 9.31. The molecule has 0 radical (unpaired) electrons. The molecule has 0 saturated carbocycles. The largest absolute Gasteiger partial charge is 0.324 e. The van der Waals surface area contributed by atoms with Crippen molar-refractivity contribution in [3.8, 4) is 5.69 Å². The van der Waals surface area contributed by atoms with E-state index in [1.807, 2.05) is 49.0 Å². The second-order valence-corrected chi connectivity index (χ2v) is 4.75. The number of hydrogen-bond donors (Lipinski definition) is 1. The lowest BCUT2D eigenvalue weighted by Gasteiger charge is -2.10. The van der Waals surface area contributed by atoms with E-state index in [9.17, 15) is 0 Å². The highest BCUT2D eigenvalue weighted by Gasteiger charge is 2.06. The normalized spacial score (nSPS) is 12.8. The number of hydrogen-bond acceptors (Lipinski definition) is 2. The molecule has 1 aromatic carbocycles. The Morgan fingerprint density at radius 2 is 2.12 bits per heavy atom. The van der Waals surface area contributed by atoms with Crippen LogP contribution in [-0.4, -0.2) is 9.78 Å². The van der Waals surface area contributed by atoms with Crippen molar-refractivity contribution in [3.05, 3.63) is 46.2 Å². The third-order valence-electron chi connectivity index (χ3n) is 2.46. The minimum absolute atomic E-state index is 0.0304. The number of rotatable bonds is 2. The summed E-state index contributed by atoms with van der Waals surface area (Å²) in [4.78, 5) is 0. The molecule has 0 spiro atoms. The van der Waals surface area contributed by atoms with Crippen LogP contribution in [-0.2, 0) is 0 Å². The van der Waals surface area contributed by atoms with Crippen molar-refractivity contribution in [2.24, 2.45) is 5.73 Å². The fourth-order valence-electron chi connectivity index (χ4n) is 1.59. The average molecular weight is 280 g/mol. The molecule has 16 heavy (non-hydrogen) atoms. The molecule has 1 atom stereocenters. The Morgan fingerprint density at radius 1 is 1.38 bits per heavy atom. The Kier molecular flexibility index (Phi) is 3.12. The summed E-state index contributed by atoms with van der Waals surface area (Å²) in [6.45, 7) is 3.94. The first-order valence-electron chi connectivity index (χ1n) is 5.15. The summed E-state index contributed by atoms with van der Waals surface area (Å²) in [6.07, 6.45) is 1.95. The molecule has 0 amide bonds. The van der Waals surface area contributed by atoms with Crippen LogP contribution in [0.3, 0.4) is 0 Å². The molecule has 1 heterocycles. The molecule has 84 valence electrons. The van der Waals surface area contributed by atoms with Crippen molar-refractivity contribution in [3.63, 3.8) is 0 Å². The van der Waals surface area contributed by atoms with Crippen molar-refractivity contribution < 1.29 is 0 Å². The summed E-state index contributed by atoms with van der Waals surface area (Å²) < 4.78 is 2.87. The summed E-state index contributed by atoms with van der Waals surface area (Å²) in [5.41, 5.74) is 9.00. The van der Waals surface area contributed by atoms with Crippen molar-refractivity contribution in [2.45, 2.75) is 19.9 Å². The Hall–Kier alpha value is -1.13. The van der Waals surface area contributed by atoms with Crippen LogP contribution in [0.1, 0.15) is 24.2 Å². The van der Waals surface area contributed by atoms with Gasteiger partial charge in [-0.15, -0.1) is 0 Å². The van der Waals surface area contributed by atoms with Gasteiger partial charge in [-0.2, -0.15) is 5.10 Å². The number of aryl methyl sites for hydroxylation is 1. The third-order valence-corrected chi connectivity index (χ3v) is 3.15. The summed E-state index contributed by atoms with van der Waals surface area (Å²) in [6, 6.07) is 8.10. The van der Waals surface area contributed by atoms with E-state index < -0.39 is 0 Å². The van der Waals surface area contributed by atoms with Crippen LogP contribution in [0.5, 0.6) is 0 Å². The van der Waals surface area contributed by atoms with E-state index in [-0.39, 0.29) is 6.04 Å². The molecular formula is C12H14BrN3. The van der Waals surface area contributed by atoms with Crippen LogP contribution in [0.15, 0.2) is 34.9 Å². The molecule has 4 heteroatoms. The highest BCUT2D eigenvalue weighted by molar-refractivity contribution is 9.10. The lowest BCUT2D eigenvalue weighted by Crippen LogP contribution is -2.06. The van der Waals surface area contributed by atoms with E-state index >= 15 is 0 Å². The smallest absolute Gasteiger partial charge is 0.0657 e. The van der Waals surface area contributed by atoms with Crippen LogP contribution >= 0.6 is 15.9 Å². The maximum absolute atomic E-state index is 5.85. The molecule has 0 aliphatic rings. The van der Waals surface area contributed by atoms with Gasteiger partial charge >= 0.3 is 0 Å². The van der Waals surface area contributed by atoms with Gasteiger partial charge in [-0.1, -0.05) is 22.0 Å². The number of halogens is 1. The Balaban J connectivity index is 2.42. The fourth-order valence-corrected chi connectivity index (χ4v) is 2.31. The zero-order chi connectivity index (χ0) is 11.7. The first-order valence-corrected chi connectivity index (χ1v) is 5.95. The quantitative estimate of drug-likeness (QED) is 0.919. The highest BCUT2D eigenvalue weighted by Crippen LogP contribution is 2.24. The number of nitrogens with two attached hydrogens (primary N) is 1. The van der Waals surface area contributed by atoms with E-state index in [2.05, 4.69) is 21.0 Å². The van der Waals surface area contributed by atoms with Gasteiger partial charge in [0.1, 0.15) is 0 Å². The lowest BCUT2D eigenvalue weighted by molar-refractivity contribution is 0.807. The van der Waals surface area contributed by atoms with Gasteiger partial charge in [0.2, 0.25) is 0 Å². The second-order valence-electron chi connectivity index (χ2n) is 3.90. The van der Waals surface area contributed by atoms with E-state index in [0.29, 0.717) is 0 Å². The zero-order valence-corrected chi connectivity index (χ0v) is 10.9. The van der Waals surface area contributed by atoms with Gasteiger partial charge in [0.05, 0.1) is 11.4 Å². The van der Waals surface area contributed by atoms with E-state index in [1.54, 1.807) is 0 Å². The van der Waals surface area contributed by atoms with Crippen molar-refractivity contribution >= 4 is 15.9 Å². The molecule has 2 rings (SSSR count). The predicted molar refractivity (Wildman–Crippen MR) is 68.6 cm³/mol. The van der Waals surface area contributed by atoms with Crippen LogP contribution in [0.25, 0.3) is 5.69 Å². The van der Waals surface area contributed by atoms with Gasteiger partial charge in [0, 0.05) is 16.7 Å². The Bertz CT molecular complexity index is 503. The van der Waals surface area contributed by atoms with Gasteiger partial charge in [-0.3, -0.25) is 0 Å². The number of aromatic nitrogens is 2. The molecule has 2 N–H and O–H groups in total. The van der Waals surface area contributed by atoms with Gasteiger partial charge in [0.15, 0.2) is 0 Å². The first-order chi connectivity index (χ1) is 7.58. The summed E-state index contributed by atoms with van der Waals surface area (Å²) in [7, 11) is 0. The van der Waals surface area contributed by atoms with E-state index in [0.717, 1.165) is 21.4 Å². The van der Waals surface area contributed by atoms with Gasteiger partial charge in [-0.25, -0.2) is 4.68 Å². The molecular weight excluding hydrogens is 266 g/mol. The van der Waals surface area contributed by atoms with Gasteiger partial charge in [-0.05, 0) is 37.6 Å². The SMILES string of the molecule is Cc1ccn(-c2ccc([C@H](C)N)c(Br)c2)n1. The van der Waals surface area contributed by atoms with Crippen molar-refractivity contribution in [1.82, 2.24) is 9.78 Å². The predicted octanol–water partition coefficient (Wildman–Crippen LogP) is 2.96. The molecule has 1 aromatic heterocycles. The molecule has 2 aromatic rings. The van der Waals surface area contributed by atoms with Crippen LogP contribution < -0.4 is 5.73 Å². The minimum Gasteiger partial charge on any atom is -0.324 e. The molecule has 0 saturated heterocycles. The second kappa shape index (κ2) is 4.39. The molecule has 0 bridgehead atoms. The first kappa shape index (κ1) is 11.4. The summed E-state index contributed by atoms with van der Waals surface area (Å²) in [5, 5.41) is 4.36. The number of nitrogens with zero attached hydrogens (tertiary/aromatic N) is 2. The van der Waals surface area contributed by atoms with E-state index in [1.165, 1.54) is 0 Å². The maximum atomic E-state index is 5.85. The van der Waals surface area contributed by atoms with Crippen LogP contribution in [0.4, 0.5) is 0 Å². The van der Waals surface area contributed by atoms with E-state index in [4.69, 9.17) is 5.73 Å². The summed E-state index contributed by atoms with van der Waals surface area (Å²) >= 11 is 3.53.